The largest absolute Gasteiger partial charge is 0.480 e. The van der Waals surface area contributed by atoms with Gasteiger partial charge in [-0.1, -0.05) is 30.3 Å². The smallest absolute Gasteiger partial charge is 0.331 e. The maximum atomic E-state index is 11.2. The Bertz CT molecular complexity index is 396. The molecule has 1 aromatic carbocycles. The summed E-state index contributed by atoms with van der Waals surface area (Å²) in [7, 11) is 0. The Kier molecular flexibility index (Phi) is 4.72. The second kappa shape index (κ2) is 5.84. The molecule has 0 radical (unpaired) electrons. The molecule has 1 aromatic rings. The number of carbonyl (C=O) groups is 2. The van der Waals surface area contributed by atoms with Gasteiger partial charge in [-0.3, -0.25) is 0 Å². The first-order valence-corrected chi connectivity index (χ1v) is 6.48. The van der Waals surface area contributed by atoms with Gasteiger partial charge >= 0.3 is 5.97 Å². The number of hydrogen-bond donors (Lipinski definition) is 2. The van der Waals surface area contributed by atoms with E-state index < -0.39 is 17.4 Å². The zero-order valence-electron chi connectivity index (χ0n) is 9.50. The van der Waals surface area contributed by atoms with E-state index in [0.29, 0.717) is 12.0 Å². The highest BCUT2D eigenvalue weighted by Gasteiger charge is 2.42. The number of aliphatic carboxylic acids is 1. The lowest BCUT2D eigenvalue weighted by Crippen LogP contribution is -2.55. The van der Waals surface area contributed by atoms with Gasteiger partial charge in [-0.2, -0.15) is 11.8 Å². The molecular formula is C12H15NO3S. The molecule has 92 valence electrons. The molecule has 0 aliphatic heterocycles. The summed E-state index contributed by atoms with van der Waals surface area (Å²) in [4.78, 5) is 22.2. The van der Waals surface area contributed by atoms with E-state index in [0.717, 1.165) is 5.56 Å². The maximum Gasteiger partial charge on any atom is 0.331 e. The second-order valence-corrected chi connectivity index (χ2v) is 4.69. The Labute approximate surface area is 104 Å². The summed E-state index contributed by atoms with van der Waals surface area (Å²) in [6.07, 6.45) is 2.17. The van der Waals surface area contributed by atoms with Crippen LogP contribution in [-0.4, -0.2) is 34.9 Å². The van der Waals surface area contributed by atoms with E-state index >= 15 is 0 Å². The molecule has 0 aliphatic carbocycles. The van der Waals surface area contributed by atoms with Crippen LogP contribution >= 0.6 is 11.8 Å². The minimum atomic E-state index is -1.87. The number of carboxylic acids is 1. The van der Waals surface area contributed by atoms with Crippen LogP contribution in [0.5, 0.6) is 0 Å². The van der Waals surface area contributed by atoms with Crippen molar-refractivity contribution in [3.8, 4) is 0 Å². The van der Waals surface area contributed by atoms with Gasteiger partial charge in [-0.15, -0.1) is 0 Å². The lowest BCUT2D eigenvalue weighted by atomic mass is 9.82. The average Bonchev–Trinajstić information content (AvgIpc) is 2.36. The molecule has 0 aromatic heterocycles. The summed E-state index contributed by atoms with van der Waals surface area (Å²) in [5.41, 5.74) is 4.61. The van der Waals surface area contributed by atoms with Gasteiger partial charge in [0, 0.05) is 11.7 Å². The second-order valence-electron chi connectivity index (χ2n) is 3.77. The van der Waals surface area contributed by atoms with Crippen LogP contribution in [0, 0.1) is 0 Å². The molecule has 1 rings (SSSR count). The quantitative estimate of drug-likeness (QED) is 0.586. The van der Waals surface area contributed by atoms with Crippen LogP contribution in [0.3, 0.4) is 0 Å². The third-order valence-corrected chi connectivity index (χ3v) is 3.34. The molecule has 0 amide bonds. The maximum absolute atomic E-state index is 11.2. The van der Waals surface area contributed by atoms with Crippen molar-refractivity contribution < 1.29 is 14.7 Å². The van der Waals surface area contributed by atoms with Crippen LogP contribution in [-0.2, 0) is 9.59 Å². The van der Waals surface area contributed by atoms with E-state index in [9.17, 15) is 9.59 Å². The van der Waals surface area contributed by atoms with Gasteiger partial charge in [0.1, 0.15) is 0 Å². The molecule has 0 spiro atoms. The lowest BCUT2D eigenvalue weighted by molar-refractivity contribution is -0.146. The topological polar surface area (TPSA) is 80.4 Å². The molecule has 4 nitrogen and oxygen atoms in total. The van der Waals surface area contributed by atoms with Gasteiger partial charge in [0.05, 0.1) is 0 Å². The zero-order chi connectivity index (χ0) is 12.9. The first-order valence-electron chi connectivity index (χ1n) is 5.08. The molecule has 2 unspecified atom stereocenters. The normalized spacial score (nSPS) is 15.9. The molecule has 0 bridgehead atoms. The van der Waals surface area contributed by atoms with Crippen molar-refractivity contribution in [3.05, 3.63) is 35.9 Å². The SMILES string of the molecule is CSCC(c1ccccc1)C(N)(C=O)C(=O)O. The van der Waals surface area contributed by atoms with Crippen molar-refractivity contribution in [1.29, 1.82) is 0 Å². The number of carbonyl (C=O) groups excluding carboxylic acids is 1. The molecule has 0 heterocycles. The predicted octanol–water partition coefficient (Wildman–Crippen LogP) is 1.11. The fourth-order valence-corrected chi connectivity index (χ4v) is 2.45. The summed E-state index contributed by atoms with van der Waals surface area (Å²) in [5.74, 6) is -1.35. The summed E-state index contributed by atoms with van der Waals surface area (Å²) in [6.45, 7) is 0. The van der Waals surface area contributed by atoms with E-state index in [4.69, 9.17) is 10.8 Å². The molecule has 5 heteroatoms. The fraction of sp³-hybridized carbons (Fsp3) is 0.333. The van der Waals surface area contributed by atoms with Gasteiger partial charge in [0.2, 0.25) is 0 Å². The molecule has 0 saturated carbocycles. The van der Waals surface area contributed by atoms with E-state index in [2.05, 4.69) is 0 Å². The van der Waals surface area contributed by atoms with Crippen LogP contribution in [0.2, 0.25) is 0 Å². The number of hydrogen-bond acceptors (Lipinski definition) is 4. The Hall–Kier alpha value is -1.33. The first-order chi connectivity index (χ1) is 8.06. The van der Waals surface area contributed by atoms with Crippen LogP contribution in [0.1, 0.15) is 11.5 Å². The Balaban J connectivity index is 3.17. The highest BCUT2D eigenvalue weighted by molar-refractivity contribution is 7.98. The monoisotopic (exact) mass is 253 g/mol. The van der Waals surface area contributed by atoms with E-state index in [-0.39, 0.29) is 0 Å². The van der Waals surface area contributed by atoms with Gasteiger partial charge < -0.3 is 15.6 Å². The molecule has 0 fully saturated rings. The minimum absolute atomic E-state index is 0.323. The third-order valence-electron chi connectivity index (χ3n) is 2.68. The lowest BCUT2D eigenvalue weighted by Gasteiger charge is -2.28. The van der Waals surface area contributed by atoms with E-state index in [1.807, 2.05) is 12.3 Å². The number of rotatable bonds is 6. The average molecular weight is 253 g/mol. The molecule has 17 heavy (non-hydrogen) atoms. The Morgan fingerprint density at radius 1 is 1.53 bits per heavy atom. The summed E-state index contributed by atoms with van der Waals surface area (Å²) >= 11 is 1.46. The number of thioether (sulfide) groups is 1. The van der Waals surface area contributed by atoms with Gasteiger partial charge in [-0.25, -0.2) is 4.79 Å². The number of carboxylic acid groups (broad SMARTS) is 1. The van der Waals surface area contributed by atoms with Crippen molar-refractivity contribution in [2.75, 3.05) is 12.0 Å². The van der Waals surface area contributed by atoms with Crippen molar-refractivity contribution in [1.82, 2.24) is 0 Å². The molecule has 0 saturated heterocycles. The standard InChI is InChI=1S/C12H15NO3S/c1-17-7-10(9-5-3-2-4-6-9)12(13,8-14)11(15)16/h2-6,8,10H,7,13H2,1H3,(H,15,16). The molecule has 2 atom stereocenters. The number of aldehydes is 1. The third kappa shape index (κ3) is 2.87. The molecule has 3 N–H and O–H groups in total. The number of benzene rings is 1. The van der Waals surface area contributed by atoms with Crippen molar-refractivity contribution in [3.63, 3.8) is 0 Å². The zero-order valence-corrected chi connectivity index (χ0v) is 10.3. The predicted molar refractivity (Wildman–Crippen MR) is 68.2 cm³/mol. The Morgan fingerprint density at radius 3 is 2.53 bits per heavy atom. The van der Waals surface area contributed by atoms with E-state index in [1.54, 1.807) is 24.3 Å². The molecule has 0 aliphatic rings. The van der Waals surface area contributed by atoms with Gasteiger partial charge in [0.15, 0.2) is 11.8 Å². The number of nitrogens with two attached hydrogens (primary N) is 1. The molecular weight excluding hydrogens is 238 g/mol. The minimum Gasteiger partial charge on any atom is -0.480 e. The van der Waals surface area contributed by atoms with Crippen LogP contribution < -0.4 is 5.73 Å². The van der Waals surface area contributed by atoms with Crippen LogP contribution in [0.25, 0.3) is 0 Å². The fourth-order valence-electron chi connectivity index (χ4n) is 1.64. The van der Waals surface area contributed by atoms with Crippen molar-refractivity contribution >= 4 is 24.0 Å². The highest BCUT2D eigenvalue weighted by Crippen LogP contribution is 2.28. The summed E-state index contributed by atoms with van der Waals surface area (Å²) in [5, 5.41) is 9.13. The summed E-state index contributed by atoms with van der Waals surface area (Å²) < 4.78 is 0. The Morgan fingerprint density at radius 2 is 2.12 bits per heavy atom. The summed E-state index contributed by atoms with van der Waals surface area (Å²) in [6, 6.07) is 9.01. The van der Waals surface area contributed by atoms with Crippen LogP contribution in [0.4, 0.5) is 0 Å². The van der Waals surface area contributed by atoms with Gasteiger partial charge in [-0.05, 0) is 11.8 Å². The highest BCUT2D eigenvalue weighted by atomic mass is 32.2. The van der Waals surface area contributed by atoms with Crippen molar-refractivity contribution in [2.24, 2.45) is 5.73 Å². The van der Waals surface area contributed by atoms with Crippen LogP contribution in [0.15, 0.2) is 30.3 Å². The van der Waals surface area contributed by atoms with Crippen molar-refractivity contribution in [2.45, 2.75) is 11.5 Å². The first kappa shape index (κ1) is 13.7. The van der Waals surface area contributed by atoms with Gasteiger partial charge in [0.25, 0.3) is 0 Å². The van der Waals surface area contributed by atoms with E-state index in [1.165, 1.54) is 11.8 Å².